The minimum atomic E-state index is -4.70. The van der Waals surface area contributed by atoms with E-state index >= 15 is 0 Å². The molecule has 0 unspecified atom stereocenters. The molecule has 139 heavy (non-hydrogen) atoms. The van der Waals surface area contributed by atoms with E-state index < -0.39 is 75.6 Å². The van der Waals surface area contributed by atoms with Gasteiger partial charge in [0.05, 0.1) is 76.3 Å². The molecule has 3 amide bonds. The molecular formula is C108H98Cl3F10N9O9. The van der Waals surface area contributed by atoms with E-state index in [1.54, 1.807) is 84.1 Å². The van der Waals surface area contributed by atoms with Gasteiger partial charge in [-0.25, -0.2) is 4.39 Å². The lowest BCUT2D eigenvalue weighted by molar-refractivity contribution is -0.154. The predicted octanol–water partition coefficient (Wildman–Crippen LogP) is 29.2. The summed E-state index contributed by atoms with van der Waals surface area (Å²) in [5.74, 6) is -5.63. The van der Waals surface area contributed by atoms with E-state index in [4.69, 9.17) is 53.0 Å². The lowest BCUT2D eigenvalue weighted by atomic mass is 9.82. The normalized spacial score (nSPS) is 12.0. The number of allylic oxidation sites excluding steroid dienone is 3. The third kappa shape index (κ3) is 22.6. The molecule has 9 heterocycles. The molecule has 0 aliphatic rings. The summed E-state index contributed by atoms with van der Waals surface area (Å²) < 4.78 is 150. The second-order valence-corrected chi connectivity index (χ2v) is 37.1. The number of nitrogens with zero attached hydrogens (tertiary/aromatic N) is 9. The predicted molar refractivity (Wildman–Crippen MR) is 518 cm³/mol. The molecule has 0 saturated heterocycles. The maximum Gasteiger partial charge on any atom is 0.449 e. The monoisotopic (exact) mass is 1960 g/mol. The van der Waals surface area contributed by atoms with Crippen LogP contribution in [0.3, 0.4) is 0 Å². The fourth-order valence-electron chi connectivity index (χ4n) is 15.6. The van der Waals surface area contributed by atoms with Gasteiger partial charge in [-0.3, -0.25) is 44.3 Å². The Bertz CT molecular complexity index is 7070. The smallest absolute Gasteiger partial charge is 0.449 e. The first-order chi connectivity index (χ1) is 65.1. The molecule has 15 aromatic rings. The number of carbonyl (C=O) groups is 3. The van der Waals surface area contributed by atoms with Crippen molar-refractivity contribution in [1.82, 2.24) is 44.6 Å². The first-order valence-corrected chi connectivity index (χ1v) is 44.8. The summed E-state index contributed by atoms with van der Waals surface area (Å²) in [5.41, 5.74) is 16.2. The van der Waals surface area contributed by atoms with E-state index in [0.29, 0.717) is 98.7 Å². The number of fused-ring (bicyclic) bond motifs is 3. The van der Waals surface area contributed by atoms with Crippen molar-refractivity contribution in [2.45, 2.75) is 178 Å². The largest absolute Gasteiger partial charge is 0.512 e. The molecule has 0 saturated carbocycles. The van der Waals surface area contributed by atoms with Gasteiger partial charge < -0.3 is 43.3 Å². The van der Waals surface area contributed by atoms with Gasteiger partial charge in [-0.1, -0.05) is 164 Å². The molecular weight excluding hydrogens is 1860 g/mol. The molecule has 3 N–H and O–H groups in total. The number of halogens is 13. The summed E-state index contributed by atoms with van der Waals surface area (Å²) in [4.78, 5) is 74.1. The molecule has 9 aromatic heterocycles. The second-order valence-electron chi connectivity index (χ2n) is 35.9. The van der Waals surface area contributed by atoms with Gasteiger partial charge in [0.1, 0.15) is 39.6 Å². The average molecular weight is 1960 g/mol. The number of amides is 3. The summed E-state index contributed by atoms with van der Waals surface area (Å²) >= 11 is 20.4. The Balaban J connectivity index is 0.000000176. The number of carbonyl (C=O) groups excluding carboxylic acids is 3. The van der Waals surface area contributed by atoms with E-state index in [9.17, 15) is 73.6 Å². The molecule has 0 aliphatic heterocycles. The fraction of sp³-hybridized carbons (Fsp3) is 0.250. The van der Waals surface area contributed by atoms with E-state index in [1.807, 2.05) is 165 Å². The lowest BCUT2D eigenvalue weighted by Crippen LogP contribution is -2.31. The van der Waals surface area contributed by atoms with Crippen LogP contribution in [0, 0.1) is 68.1 Å². The maximum atomic E-state index is 14.5. The van der Waals surface area contributed by atoms with Gasteiger partial charge in [-0.2, -0.15) is 39.5 Å². The molecule has 0 spiro atoms. The number of hydrogen-bond donors (Lipinski definition) is 3. The van der Waals surface area contributed by atoms with Crippen LogP contribution in [0.5, 0.6) is 0 Å². The highest BCUT2D eigenvalue weighted by molar-refractivity contribution is 6.32. The van der Waals surface area contributed by atoms with Crippen LogP contribution in [-0.4, -0.2) is 77.6 Å². The Kier molecular flexibility index (Phi) is 29.7. The number of aliphatic hydroxyl groups is 3. The highest BCUT2D eigenvalue weighted by Gasteiger charge is 2.40. The zero-order chi connectivity index (χ0) is 102. The Morgan fingerprint density at radius 3 is 0.950 bits per heavy atom. The zero-order valence-corrected chi connectivity index (χ0v) is 80.8. The fourth-order valence-corrected chi connectivity index (χ4v) is 16.3. The molecule has 15 rings (SSSR count). The average Bonchev–Trinajstić information content (AvgIpc) is 1.20. The molecule has 31 heteroatoms. The summed E-state index contributed by atoms with van der Waals surface area (Å²) in [6, 6.07) is 50.0. The molecule has 0 radical (unpaired) electrons. The third-order valence-electron chi connectivity index (χ3n) is 25.1. The molecule has 6 aromatic carbocycles. The van der Waals surface area contributed by atoms with Crippen molar-refractivity contribution in [1.29, 1.82) is 0 Å². The summed E-state index contributed by atoms with van der Waals surface area (Å²) in [6.07, 6.45) is -11.4. The molecule has 18 nitrogen and oxygen atoms in total. The standard InChI is InChI=1S/C37H35ClF3N3O3.C36H33ClF3N3O3.C35H30ClF4N3O3/c1-20-15-31-34(43-22(20)3)33(21(2)23(4)42-31)35(46)44(19-29-13-14-32(47-29)37(39,40)41)18-27-12-11-26(17-30(27)38)25-9-8-10-28(16-25)36(6,7)24(5)45;1-20-14-30-33(41-17-20)32(21(2)22(3)42-30)34(45)43(19-28-12-13-31(46-28)36(38,39)40)18-26-11-10-25(16-29(26)37)24-8-7-9-27(15-24)35(5,6)23(4)44;1-19-20(2)42-29-15-26(37)16-41-32(29)31(19)33(45)43(18-27-11-12-30(46-27)35(38,39)40)17-24-10-9-23(14-28(24)36)22-7-6-8-25(13-22)34(4,5)21(3)44/h8-17,45H,5,18-19H2,1-4,6-7H3;7-17,44H,4,18-19H2,1-3,5-6H3;6-16,44H,3,17-18H2,1-2,4-5H3. The molecule has 0 bridgehead atoms. The maximum absolute atomic E-state index is 14.5. The number of aromatic nitrogens is 6. The lowest BCUT2D eigenvalue weighted by Gasteiger charge is -2.25. The highest BCUT2D eigenvalue weighted by Crippen LogP contribution is 2.43. The first-order valence-electron chi connectivity index (χ1n) is 43.7. The van der Waals surface area contributed by atoms with Crippen molar-refractivity contribution in [3.63, 3.8) is 0 Å². The van der Waals surface area contributed by atoms with Crippen molar-refractivity contribution in [3.8, 4) is 33.4 Å². The first kappa shape index (κ1) is 102. The van der Waals surface area contributed by atoms with E-state index in [-0.39, 0.29) is 90.4 Å². The topological polar surface area (TPSA) is 238 Å². The molecule has 0 aliphatic carbocycles. The molecule has 720 valence electrons. The Labute approximate surface area is 811 Å². The van der Waals surface area contributed by atoms with Crippen LogP contribution in [-0.2, 0) is 74.0 Å². The van der Waals surface area contributed by atoms with Gasteiger partial charge in [-0.15, -0.1) is 0 Å². The minimum absolute atomic E-state index is 0.0223. The van der Waals surface area contributed by atoms with Gasteiger partial charge >= 0.3 is 18.5 Å². The number of hydrogen-bond acceptors (Lipinski definition) is 15. The van der Waals surface area contributed by atoms with Crippen LogP contribution >= 0.6 is 34.8 Å². The van der Waals surface area contributed by atoms with E-state index in [2.05, 4.69) is 44.7 Å². The quantitative estimate of drug-likeness (QED) is 0.0377. The van der Waals surface area contributed by atoms with Crippen LogP contribution in [0.15, 0.2) is 245 Å². The van der Waals surface area contributed by atoms with Crippen molar-refractivity contribution >= 4 is 85.6 Å². The van der Waals surface area contributed by atoms with Crippen molar-refractivity contribution in [2.24, 2.45) is 0 Å². The van der Waals surface area contributed by atoms with Crippen molar-refractivity contribution in [3.05, 3.63) is 388 Å². The Morgan fingerprint density at radius 1 is 0.353 bits per heavy atom. The van der Waals surface area contributed by atoms with Gasteiger partial charge in [0, 0.05) is 86.0 Å². The second kappa shape index (κ2) is 40.2. The van der Waals surface area contributed by atoms with Crippen LogP contribution in [0.25, 0.3) is 66.5 Å². The van der Waals surface area contributed by atoms with Gasteiger partial charge in [0.25, 0.3) is 17.7 Å². The Hall–Kier alpha value is -14.0. The SMILES string of the molecule is C=C(O)C(C)(C)c1cccc(-c2ccc(CN(Cc3ccc(C(F)(F)F)o3)C(=O)c3c(C)c(C)nc4cc(C)c(C)nc34)c(Cl)c2)c1.C=C(O)C(C)(C)c1cccc(-c2ccc(CN(Cc3ccc(C(F)(F)F)o3)C(=O)c3c(C)c(C)nc4cc(C)cnc34)c(Cl)c2)c1.C=C(O)C(C)(C)c1cccc(-c2ccc(CN(Cc3ccc(C(F)(F)F)o3)C(=O)c3c(C)c(C)nc4cc(F)cnc34)c(Cl)c2)c1. The number of furan rings is 3. The van der Waals surface area contributed by atoms with Crippen molar-refractivity contribution in [2.75, 3.05) is 0 Å². The van der Waals surface area contributed by atoms with Gasteiger partial charge in [0.15, 0.2) is 0 Å². The Morgan fingerprint density at radius 2 is 0.647 bits per heavy atom. The van der Waals surface area contributed by atoms with Crippen LogP contribution in [0.4, 0.5) is 43.9 Å². The van der Waals surface area contributed by atoms with Crippen LogP contribution < -0.4 is 0 Å². The number of rotatable bonds is 24. The van der Waals surface area contributed by atoms with Crippen LogP contribution in [0.2, 0.25) is 15.1 Å². The van der Waals surface area contributed by atoms with Gasteiger partial charge in [-0.05, 0) is 265 Å². The number of aliphatic hydroxyl groups excluding tert-OH is 3. The number of aryl methyl sites for hydroxylation is 6. The summed E-state index contributed by atoms with van der Waals surface area (Å²) in [5, 5.41) is 31.4. The summed E-state index contributed by atoms with van der Waals surface area (Å²) in [7, 11) is 0. The van der Waals surface area contributed by atoms with Crippen LogP contribution in [0.1, 0.15) is 191 Å². The molecule has 0 atom stereocenters. The minimum Gasteiger partial charge on any atom is -0.512 e. The third-order valence-corrected chi connectivity index (χ3v) is 26.2. The molecule has 0 fully saturated rings. The van der Waals surface area contributed by atoms with E-state index in [1.165, 1.54) is 39.0 Å². The zero-order valence-electron chi connectivity index (χ0n) is 78.6. The number of pyridine rings is 6. The summed E-state index contributed by atoms with van der Waals surface area (Å²) in [6.45, 7) is 37.5. The number of benzene rings is 6. The van der Waals surface area contributed by atoms with E-state index in [0.717, 1.165) is 91.3 Å². The van der Waals surface area contributed by atoms with Crippen molar-refractivity contribution < 1.29 is 86.9 Å². The number of alkyl halides is 9. The highest BCUT2D eigenvalue weighted by atomic mass is 35.5. The van der Waals surface area contributed by atoms with Gasteiger partial charge in [0.2, 0.25) is 17.3 Å².